The van der Waals surface area contributed by atoms with Crippen LogP contribution in [0.25, 0.3) is 27.9 Å². The fraction of sp³-hybridized carbons (Fsp3) is 0.160. The van der Waals surface area contributed by atoms with E-state index in [0.29, 0.717) is 0 Å². The summed E-state index contributed by atoms with van der Waals surface area (Å²) in [6.07, 6.45) is 0. The van der Waals surface area contributed by atoms with Gasteiger partial charge in [-0.3, -0.25) is 0 Å². The third-order valence-electron chi connectivity index (χ3n) is 5.27. The minimum absolute atomic E-state index is 1.26. The second-order valence-electron chi connectivity index (χ2n) is 7.08. The molecule has 0 N–H and O–H groups in total. The zero-order valence-electron chi connectivity index (χ0n) is 16.3. The van der Waals surface area contributed by atoms with E-state index in [4.69, 9.17) is 0 Å². The van der Waals surface area contributed by atoms with E-state index in [0.717, 1.165) is 0 Å². The number of nitrogens with zero attached hydrogens (tertiary/aromatic N) is 1. The van der Waals surface area contributed by atoms with Crippen molar-refractivity contribution in [2.45, 2.75) is 27.7 Å². The van der Waals surface area contributed by atoms with Gasteiger partial charge in [-0.05, 0) is 43.0 Å². The minimum atomic E-state index is 1.26. The number of rotatable bonds is 3. The fourth-order valence-electron chi connectivity index (χ4n) is 3.83. The lowest BCUT2D eigenvalue weighted by Crippen LogP contribution is -2.33. The molecule has 1 nitrogen and oxygen atoms in total. The van der Waals surface area contributed by atoms with Crippen LogP contribution in [-0.4, -0.2) is 0 Å². The van der Waals surface area contributed by atoms with Crippen molar-refractivity contribution in [3.63, 3.8) is 0 Å². The zero-order chi connectivity index (χ0) is 19.0. The summed E-state index contributed by atoms with van der Waals surface area (Å²) < 4.78 is 2.38. The van der Waals surface area contributed by atoms with Gasteiger partial charge in [-0.15, -0.1) is 0 Å². The van der Waals surface area contributed by atoms with Crippen LogP contribution in [0.1, 0.15) is 21.7 Å². The van der Waals surface area contributed by atoms with E-state index in [2.05, 4.69) is 105 Å². The van der Waals surface area contributed by atoms with Gasteiger partial charge in [0.2, 0.25) is 11.2 Å². The second kappa shape index (κ2) is 7.13. The Labute approximate surface area is 165 Å². The number of benzene rings is 3. The van der Waals surface area contributed by atoms with Crippen LogP contribution in [0.15, 0.2) is 72.2 Å². The van der Waals surface area contributed by atoms with Gasteiger partial charge in [-0.2, -0.15) is 4.57 Å². The van der Waals surface area contributed by atoms with Crippen LogP contribution >= 0.6 is 11.3 Å². The summed E-state index contributed by atoms with van der Waals surface area (Å²) in [4.78, 5) is 1.35. The van der Waals surface area contributed by atoms with Crippen molar-refractivity contribution in [1.29, 1.82) is 0 Å². The molecule has 0 atom stereocenters. The maximum Gasteiger partial charge on any atom is 0.231 e. The van der Waals surface area contributed by atoms with Crippen LogP contribution in [-0.2, 0) is 0 Å². The predicted molar refractivity (Wildman–Crippen MR) is 116 cm³/mol. The molecule has 3 aromatic carbocycles. The molecule has 0 aliphatic carbocycles. The fourth-order valence-corrected chi connectivity index (χ4v) is 4.63. The van der Waals surface area contributed by atoms with Gasteiger partial charge in [0.1, 0.15) is 0 Å². The largest absolute Gasteiger partial charge is 0.231 e. The van der Waals surface area contributed by atoms with E-state index in [9.17, 15) is 0 Å². The summed E-state index contributed by atoms with van der Waals surface area (Å²) in [6.45, 7) is 8.86. The van der Waals surface area contributed by atoms with Crippen molar-refractivity contribution in [2.24, 2.45) is 0 Å². The predicted octanol–water partition coefficient (Wildman–Crippen LogP) is 6.59. The standard InChI is InChI=1S/C25H24NS/c1-17-15-18(2)24(22-13-9-6-10-14-22)25(26-16-27-20(4)19(26)3)23(17)21-11-7-5-8-12-21/h5-16H,1-4H3/q+1. The van der Waals surface area contributed by atoms with Crippen LogP contribution in [0, 0.1) is 27.7 Å². The van der Waals surface area contributed by atoms with E-state index in [-0.39, 0.29) is 0 Å². The summed E-state index contributed by atoms with van der Waals surface area (Å²) in [5, 5.41) is 0. The average Bonchev–Trinajstić information content (AvgIpc) is 3.01. The van der Waals surface area contributed by atoms with Crippen molar-refractivity contribution >= 4 is 11.3 Å². The zero-order valence-corrected chi connectivity index (χ0v) is 17.1. The molecule has 4 aromatic rings. The molecular formula is C25H24NS+. The summed E-state index contributed by atoms with van der Waals surface area (Å²) in [5.74, 6) is 0. The van der Waals surface area contributed by atoms with Crippen LogP contribution in [0.2, 0.25) is 0 Å². The van der Waals surface area contributed by atoms with E-state index >= 15 is 0 Å². The molecule has 0 saturated heterocycles. The van der Waals surface area contributed by atoms with Gasteiger partial charge in [0.25, 0.3) is 0 Å². The normalized spacial score (nSPS) is 11.0. The van der Waals surface area contributed by atoms with Gasteiger partial charge in [0, 0.05) is 6.92 Å². The molecule has 0 bridgehead atoms. The Bertz CT molecular complexity index is 1030. The second-order valence-corrected chi connectivity index (χ2v) is 8.13. The quantitative estimate of drug-likeness (QED) is 0.358. The van der Waals surface area contributed by atoms with E-state index in [1.54, 1.807) is 0 Å². The van der Waals surface area contributed by atoms with Gasteiger partial charge in [-0.25, -0.2) is 0 Å². The van der Waals surface area contributed by atoms with Crippen molar-refractivity contribution in [1.82, 2.24) is 0 Å². The Hall–Kier alpha value is -2.71. The summed E-state index contributed by atoms with van der Waals surface area (Å²) in [5.41, 5.74) is 12.6. The van der Waals surface area contributed by atoms with Crippen molar-refractivity contribution in [2.75, 3.05) is 0 Å². The maximum absolute atomic E-state index is 2.38. The molecule has 0 spiro atoms. The van der Waals surface area contributed by atoms with Gasteiger partial charge in [-0.1, -0.05) is 78.1 Å². The topological polar surface area (TPSA) is 3.88 Å². The molecule has 0 amide bonds. The molecule has 4 rings (SSSR count). The first-order chi connectivity index (χ1) is 13.1. The van der Waals surface area contributed by atoms with Crippen molar-refractivity contribution in [3.05, 3.63) is 93.9 Å². The lowest BCUT2D eigenvalue weighted by atomic mass is 9.89. The number of aryl methyl sites for hydroxylation is 3. The first kappa shape index (κ1) is 17.7. The number of aromatic nitrogens is 1. The molecule has 0 fully saturated rings. The minimum Gasteiger partial charge on any atom is -0.153 e. The van der Waals surface area contributed by atoms with E-state index < -0.39 is 0 Å². The third-order valence-corrected chi connectivity index (χ3v) is 6.23. The van der Waals surface area contributed by atoms with Crippen LogP contribution in [0.3, 0.4) is 0 Å². The summed E-state index contributed by atoms with van der Waals surface area (Å²) in [7, 11) is 0. The average molecular weight is 371 g/mol. The molecular weight excluding hydrogens is 346 g/mol. The molecule has 1 aromatic heterocycles. The summed E-state index contributed by atoms with van der Waals surface area (Å²) in [6, 6.07) is 23.8. The van der Waals surface area contributed by atoms with Crippen LogP contribution < -0.4 is 4.57 Å². The highest BCUT2D eigenvalue weighted by Crippen LogP contribution is 2.38. The smallest absolute Gasteiger partial charge is 0.153 e. The lowest BCUT2D eigenvalue weighted by Gasteiger charge is -2.16. The SMILES string of the molecule is Cc1cc(C)c(-c2ccccc2)c(-[n+]2csc(C)c2C)c1-c1ccccc1. The molecule has 0 aliphatic rings. The molecule has 0 saturated carbocycles. The number of hydrogen-bond acceptors (Lipinski definition) is 1. The Kier molecular flexibility index (Phi) is 4.67. The van der Waals surface area contributed by atoms with Crippen LogP contribution in [0.4, 0.5) is 0 Å². The number of thiazole rings is 1. The van der Waals surface area contributed by atoms with Gasteiger partial charge < -0.3 is 0 Å². The first-order valence-electron chi connectivity index (χ1n) is 9.29. The van der Waals surface area contributed by atoms with E-state index in [1.807, 2.05) is 11.3 Å². The number of hydrogen-bond donors (Lipinski definition) is 0. The molecule has 134 valence electrons. The Morgan fingerprint density at radius 3 is 1.56 bits per heavy atom. The maximum atomic E-state index is 2.38. The van der Waals surface area contributed by atoms with E-state index in [1.165, 1.54) is 49.6 Å². The van der Waals surface area contributed by atoms with Gasteiger partial charge in [0.05, 0.1) is 16.0 Å². The summed E-state index contributed by atoms with van der Waals surface area (Å²) >= 11 is 1.81. The van der Waals surface area contributed by atoms with Crippen molar-refractivity contribution < 1.29 is 4.57 Å². The monoisotopic (exact) mass is 370 g/mol. The Balaban J connectivity index is 2.16. The molecule has 27 heavy (non-hydrogen) atoms. The Morgan fingerprint density at radius 1 is 0.667 bits per heavy atom. The molecule has 0 aliphatic heterocycles. The van der Waals surface area contributed by atoms with Gasteiger partial charge in [0.15, 0.2) is 5.69 Å². The Morgan fingerprint density at radius 2 is 1.15 bits per heavy atom. The molecule has 0 unspecified atom stereocenters. The van der Waals surface area contributed by atoms with Crippen molar-refractivity contribution in [3.8, 4) is 27.9 Å². The molecule has 1 heterocycles. The molecule has 0 radical (unpaired) electrons. The highest BCUT2D eigenvalue weighted by atomic mass is 32.1. The lowest BCUT2D eigenvalue weighted by molar-refractivity contribution is -0.596. The molecule has 2 heteroatoms. The highest BCUT2D eigenvalue weighted by molar-refractivity contribution is 7.09. The van der Waals surface area contributed by atoms with Crippen LogP contribution in [0.5, 0.6) is 0 Å². The van der Waals surface area contributed by atoms with Gasteiger partial charge >= 0.3 is 0 Å². The third kappa shape index (κ3) is 3.11. The highest BCUT2D eigenvalue weighted by Gasteiger charge is 2.27. The first-order valence-corrected chi connectivity index (χ1v) is 10.2.